The topological polar surface area (TPSA) is 64.9 Å². The van der Waals surface area contributed by atoms with Gasteiger partial charge in [-0.1, -0.05) is 51.1 Å². The van der Waals surface area contributed by atoms with Gasteiger partial charge in [0.2, 0.25) is 5.89 Å². The summed E-state index contributed by atoms with van der Waals surface area (Å²) in [5, 5.41) is 4.17. The molecule has 1 aliphatic rings. The maximum absolute atomic E-state index is 6.08. The molecule has 19 heavy (non-hydrogen) atoms. The standard InChI is InChI=1S/C15H27N3O/c1-3-5-9-13(16)15-17-14(18-19-15)12-8-6-7-11(4-2)10-12/h11-13H,3-10,16H2,1-2H3/t11?,12?,13-/m0/s1. The van der Waals surface area contributed by atoms with E-state index in [2.05, 4.69) is 24.0 Å². The molecule has 0 amide bonds. The van der Waals surface area contributed by atoms with Crippen LogP contribution < -0.4 is 5.73 Å². The Balaban J connectivity index is 1.96. The second-order valence-corrected chi connectivity index (χ2v) is 5.88. The van der Waals surface area contributed by atoms with Crippen molar-refractivity contribution in [1.29, 1.82) is 0 Å². The Morgan fingerprint density at radius 3 is 2.95 bits per heavy atom. The number of aromatic nitrogens is 2. The summed E-state index contributed by atoms with van der Waals surface area (Å²) < 4.78 is 5.36. The van der Waals surface area contributed by atoms with E-state index in [0.29, 0.717) is 11.8 Å². The average molecular weight is 265 g/mol. The summed E-state index contributed by atoms with van der Waals surface area (Å²) in [6, 6.07) is -0.0910. The number of hydrogen-bond donors (Lipinski definition) is 1. The third-order valence-electron chi connectivity index (χ3n) is 4.37. The van der Waals surface area contributed by atoms with Crippen LogP contribution >= 0.6 is 0 Å². The van der Waals surface area contributed by atoms with Crippen LogP contribution in [0.15, 0.2) is 4.52 Å². The van der Waals surface area contributed by atoms with Gasteiger partial charge in [-0.3, -0.25) is 0 Å². The van der Waals surface area contributed by atoms with Gasteiger partial charge in [0, 0.05) is 5.92 Å². The van der Waals surface area contributed by atoms with E-state index in [9.17, 15) is 0 Å². The highest BCUT2D eigenvalue weighted by atomic mass is 16.5. The lowest BCUT2D eigenvalue weighted by Crippen LogP contribution is -2.15. The lowest BCUT2D eigenvalue weighted by molar-refractivity contribution is 0.295. The third-order valence-corrected chi connectivity index (χ3v) is 4.37. The Bertz CT molecular complexity index is 377. The molecule has 0 bridgehead atoms. The average Bonchev–Trinajstić information content (AvgIpc) is 2.94. The van der Waals surface area contributed by atoms with Gasteiger partial charge in [-0.15, -0.1) is 0 Å². The van der Waals surface area contributed by atoms with Crippen molar-refractivity contribution in [1.82, 2.24) is 10.1 Å². The van der Waals surface area contributed by atoms with Crippen LogP contribution in [0.4, 0.5) is 0 Å². The van der Waals surface area contributed by atoms with Crippen LogP contribution in [0.1, 0.15) is 88.9 Å². The molecule has 2 unspecified atom stereocenters. The summed E-state index contributed by atoms with van der Waals surface area (Å²) in [5.41, 5.74) is 6.08. The molecule has 108 valence electrons. The van der Waals surface area contributed by atoms with Gasteiger partial charge < -0.3 is 10.3 Å². The van der Waals surface area contributed by atoms with Crippen molar-refractivity contribution in [2.45, 2.75) is 77.2 Å². The number of rotatable bonds is 6. The molecule has 0 radical (unpaired) electrons. The molecule has 1 saturated carbocycles. The van der Waals surface area contributed by atoms with Crippen LogP contribution in [0.3, 0.4) is 0 Å². The van der Waals surface area contributed by atoms with Gasteiger partial charge >= 0.3 is 0 Å². The molecule has 1 aliphatic carbocycles. The molecule has 0 aromatic carbocycles. The fourth-order valence-electron chi connectivity index (χ4n) is 3.01. The summed E-state index contributed by atoms with van der Waals surface area (Å²) in [7, 11) is 0. The van der Waals surface area contributed by atoms with Crippen molar-refractivity contribution in [3.05, 3.63) is 11.7 Å². The van der Waals surface area contributed by atoms with Crippen molar-refractivity contribution < 1.29 is 4.52 Å². The largest absolute Gasteiger partial charge is 0.338 e. The third kappa shape index (κ3) is 3.78. The molecule has 1 fully saturated rings. The van der Waals surface area contributed by atoms with Crippen molar-refractivity contribution in [3.8, 4) is 0 Å². The van der Waals surface area contributed by atoms with Crippen molar-refractivity contribution in [3.63, 3.8) is 0 Å². The first kappa shape index (κ1) is 14.5. The lowest BCUT2D eigenvalue weighted by Gasteiger charge is -2.26. The highest BCUT2D eigenvalue weighted by molar-refractivity contribution is 5.00. The predicted octanol–water partition coefficient (Wildman–Crippen LogP) is 3.94. The van der Waals surface area contributed by atoms with Crippen LogP contribution in [0.5, 0.6) is 0 Å². The SMILES string of the molecule is CCCC[C@H](N)c1nc(C2CCCC(CC)C2)no1. The molecule has 4 nitrogen and oxygen atoms in total. The van der Waals surface area contributed by atoms with Gasteiger partial charge in [0.05, 0.1) is 6.04 Å². The predicted molar refractivity (Wildman–Crippen MR) is 75.7 cm³/mol. The molecule has 2 rings (SSSR count). The Morgan fingerprint density at radius 2 is 2.21 bits per heavy atom. The minimum absolute atomic E-state index is 0.0910. The van der Waals surface area contributed by atoms with Crippen molar-refractivity contribution in [2.75, 3.05) is 0 Å². The molecule has 3 atom stereocenters. The molecule has 0 saturated heterocycles. The van der Waals surface area contributed by atoms with Crippen molar-refractivity contribution in [2.24, 2.45) is 11.7 Å². The van der Waals surface area contributed by atoms with Crippen LogP contribution in [-0.4, -0.2) is 10.1 Å². The van der Waals surface area contributed by atoms with Gasteiger partial charge in [-0.25, -0.2) is 0 Å². The zero-order chi connectivity index (χ0) is 13.7. The second-order valence-electron chi connectivity index (χ2n) is 5.88. The normalized spacial score (nSPS) is 25.4. The van der Waals surface area contributed by atoms with E-state index < -0.39 is 0 Å². The molecule has 0 aliphatic heterocycles. The van der Waals surface area contributed by atoms with E-state index >= 15 is 0 Å². The van der Waals surface area contributed by atoms with Gasteiger partial charge in [0.1, 0.15) is 0 Å². The molecule has 2 N–H and O–H groups in total. The van der Waals surface area contributed by atoms with E-state index in [1.807, 2.05) is 0 Å². The molecule has 1 aromatic rings. The zero-order valence-electron chi connectivity index (χ0n) is 12.3. The second kappa shape index (κ2) is 7.04. The first-order valence-electron chi connectivity index (χ1n) is 7.83. The van der Waals surface area contributed by atoms with Gasteiger partial charge in [-0.2, -0.15) is 4.98 Å². The van der Waals surface area contributed by atoms with Gasteiger partial charge in [-0.05, 0) is 25.2 Å². The summed E-state index contributed by atoms with van der Waals surface area (Å²) in [6.07, 6.45) is 9.50. The maximum atomic E-state index is 6.08. The zero-order valence-corrected chi connectivity index (χ0v) is 12.3. The minimum Gasteiger partial charge on any atom is -0.338 e. The number of nitrogens with two attached hydrogens (primary N) is 1. The van der Waals surface area contributed by atoms with E-state index in [0.717, 1.165) is 31.0 Å². The number of nitrogens with zero attached hydrogens (tertiary/aromatic N) is 2. The van der Waals surface area contributed by atoms with E-state index in [1.54, 1.807) is 0 Å². The maximum Gasteiger partial charge on any atom is 0.243 e. The van der Waals surface area contributed by atoms with E-state index in [-0.39, 0.29) is 6.04 Å². The van der Waals surface area contributed by atoms with Crippen LogP contribution in [0.25, 0.3) is 0 Å². The monoisotopic (exact) mass is 265 g/mol. The Kier molecular flexibility index (Phi) is 5.37. The van der Waals surface area contributed by atoms with Gasteiger partial charge in [0.15, 0.2) is 5.82 Å². The number of unbranched alkanes of at least 4 members (excludes halogenated alkanes) is 1. The van der Waals surface area contributed by atoms with E-state index in [4.69, 9.17) is 10.3 Å². The molecule has 1 aromatic heterocycles. The Morgan fingerprint density at radius 1 is 1.37 bits per heavy atom. The first-order chi connectivity index (χ1) is 9.24. The fourth-order valence-corrected chi connectivity index (χ4v) is 3.01. The molecule has 0 spiro atoms. The smallest absolute Gasteiger partial charge is 0.243 e. The summed E-state index contributed by atoms with van der Waals surface area (Å²) in [4.78, 5) is 4.55. The molecule has 4 heteroatoms. The summed E-state index contributed by atoms with van der Waals surface area (Å²) >= 11 is 0. The highest BCUT2D eigenvalue weighted by Gasteiger charge is 2.26. The van der Waals surface area contributed by atoms with Crippen LogP contribution in [-0.2, 0) is 0 Å². The highest BCUT2D eigenvalue weighted by Crippen LogP contribution is 2.36. The Labute approximate surface area is 116 Å². The number of hydrogen-bond acceptors (Lipinski definition) is 4. The quantitative estimate of drug-likeness (QED) is 0.846. The lowest BCUT2D eigenvalue weighted by atomic mass is 9.80. The Hall–Kier alpha value is -0.900. The summed E-state index contributed by atoms with van der Waals surface area (Å²) in [5.74, 6) is 2.83. The molecular formula is C15H27N3O. The fraction of sp³-hybridized carbons (Fsp3) is 0.867. The minimum atomic E-state index is -0.0910. The molecule has 1 heterocycles. The van der Waals surface area contributed by atoms with E-state index in [1.165, 1.54) is 32.1 Å². The van der Waals surface area contributed by atoms with Crippen LogP contribution in [0, 0.1) is 5.92 Å². The van der Waals surface area contributed by atoms with Crippen LogP contribution in [0.2, 0.25) is 0 Å². The van der Waals surface area contributed by atoms with Crippen molar-refractivity contribution >= 4 is 0 Å². The van der Waals surface area contributed by atoms with Gasteiger partial charge in [0.25, 0.3) is 0 Å². The molecular weight excluding hydrogens is 238 g/mol. The first-order valence-corrected chi connectivity index (χ1v) is 7.83. The summed E-state index contributed by atoms with van der Waals surface area (Å²) in [6.45, 7) is 4.44.